The first-order valence-corrected chi connectivity index (χ1v) is 16.6. The molecule has 0 radical (unpaired) electrons. The lowest BCUT2D eigenvalue weighted by atomic mass is 9.96. The molecule has 10 nitrogen and oxygen atoms in total. The normalized spacial score (nSPS) is 18.8. The summed E-state index contributed by atoms with van der Waals surface area (Å²) < 4.78 is 13.6. The van der Waals surface area contributed by atoms with Gasteiger partial charge in [0.2, 0.25) is 0 Å². The van der Waals surface area contributed by atoms with Crippen molar-refractivity contribution < 1.29 is 19.4 Å². The van der Waals surface area contributed by atoms with Crippen molar-refractivity contribution in [3.05, 3.63) is 111 Å². The first-order chi connectivity index (χ1) is 23.0. The molecule has 244 valence electrons. The monoisotopic (exact) mass is 635 g/mol. The van der Waals surface area contributed by atoms with Crippen molar-refractivity contribution >= 4 is 11.5 Å². The molecule has 3 aliphatic heterocycles. The average molecular weight is 636 g/mol. The Morgan fingerprint density at radius 1 is 0.915 bits per heavy atom. The molecule has 0 bridgehead atoms. The number of hydrogen-bond donors (Lipinski definition) is 2. The van der Waals surface area contributed by atoms with E-state index in [4.69, 9.17) is 19.3 Å². The van der Waals surface area contributed by atoms with Crippen LogP contribution < -0.4 is 15.9 Å². The zero-order valence-corrected chi connectivity index (χ0v) is 26.9. The number of amidine groups is 1. The number of aliphatic hydroxyl groups is 1. The number of nitrogens with zero attached hydrogens (tertiary/aromatic N) is 4. The summed E-state index contributed by atoms with van der Waals surface area (Å²) in [5.41, 5.74) is 10.1. The van der Waals surface area contributed by atoms with Gasteiger partial charge >= 0.3 is 0 Å². The molecule has 4 heterocycles. The zero-order chi connectivity index (χ0) is 32.4. The largest absolute Gasteiger partial charge is 0.371 e. The van der Waals surface area contributed by atoms with Gasteiger partial charge in [-0.05, 0) is 47.4 Å². The maximum atomic E-state index is 14.3. The number of ether oxygens (including phenoxy) is 2. The highest BCUT2D eigenvalue weighted by molar-refractivity contribution is 6.04. The summed E-state index contributed by atoms with van der Waals surface area (Å²) in [4.78, 5) is 30.9. The molecule has 7 rings (SSSR count). The first-order valence-electron chi connectivity index (χ1n) is 16.6. The molecule has 3 aromatic carbocycles. The molecule has 0 saturated carbocycles. The van der Waals surface area contributed by atoms with E-state index in [2.05, 4.69) is 65.6 Å². The third-order valence-electron chi connectivity index (χ3n) is 9.28. The summed E-state index contributed by atoms with van der Waals surface area (Å²) in [6, 6.07) is 24.3. The van der Waals surface area contributed by atoms with Crippen LogP contribution in [-0.4, -0.2) is 59.0 Å². The number of benzene rings is 3. The van der Waals surface area contributed by atoms with Gasteiger partial charge in [-0.3, -0.25) is 9.36 Å². The number of aliphatic hydroxyl groups excluding tert-OH is 1. The van der Waals surface area contributed by atoms with Crippen LogP contribution in [0.3, 0.4) is 0 Å². The third kappa shape index (κ3) is 6.34. The summed E-state index contributed by atoms with van der Waals surface area (Å²) in [5, 5.41) is 9.69. The van der Waals surface area contributed by atoms with Crippen LogP contribution in [0, 0.1) is 0 Å². The van der Waals surface area contributed by atoms with Crippen molar-refractivity contribution in [2.75, 3.05) is 31.2 Å². The maximum Gasteiger partial charge on any atom is 0.280 e. The van der Waals surface area contributed by atoms with Crippen molar-refractivity contribution in [1.82, 2.24) is 15.0 Å². The van der Waals surface area contributed by atoms with Gasteiger partial charge in [-0.1, -0.05) is 68.8 Å². The standard InChI is InChI=1S/C37H41N5O5/c1-3-7-32-31(24-25-10-12-26(13-11-25)29-8-5-6-9-30(29)34-39-36(44)47-40-34)35(43)42(33(4-2)38-32)28-16-14-27(15-17-28)41-20-18-37(19-21-41)45-22-23-46-37/h5-6,8-17,36,44H,3-4,7,18-24H2,1-2H3,(H,39,40). The lowest BCUT2D eigenvalue weighted by molar-refractivity contribution is -0.169. The van der Waals surface area contributed by atoms with E-state index in [-0.39, 0.29) is 5.56 Å². The summed E-state index contributed by atoms with van der Waals surface area (Å²) in [6.07, 6.45) is 3.25. The van der Waals surface area contributed by atoms with E-state index in [1.807, 2.05) is 36.4 Å². The number of anilines is 1. The van der Waals surface area contributed by atoms with Crippen LogP contribution >= 0.6 is 0 Å². The van der Waals surface area contributed by atoms with E-state index >= 15 is 0 Å². The molecule has 2 fully saturated rings. The van der Waals surface area contributed by atoms with Crippen molar-refractivity contribution in [1.29, 1.82) is 0 Å². The number of aromatic nitrogens is 2. The van der Waals surface area contributed by atoms with Crippen molar-refractivity contribution in [3.8, 4) is 16.8 Å². The number of aliphatic imine (C=N–C) groups is 1. The fourth-order valence-corrected chi connectivity index (χ4v) is 6.82. The molecule has 2 saturated heterocycles. The molecule has 1 aromatic heterocycles. The molecule has 1 unspecified atom stereocenters. The molecular weight excluding hydrogens is 594 g/mol. The Balaban J connectivity index is 1.15. The predicted molar refractivity (Wildman–Crippen MR) is 181 cm³/mol. The van der Waals surface area contributed by atoms with Crippen LogP contribution in [0.1, 0.15) is 61.3 Å². The summed E-state index contributed by atoms with van der Waals surface area (Å²) in [6.45, 7) is 7.25. The molecule has 2 N–H and O–H groups in total. The molecule has 1 spiro atoms. The van der Waals surface area contributed by atoms with E-state index in [0.29, 0.717) is 31.9 Å². The van der Waals surface area contributed by atoms with Crippen molar-refractivity contribution in [2.45, 2.75) is 64.6 Å². The number of hydrogen-bond acceptors (Lipinski definition) is 9. The number of nitrogens with one attached hydrogen (secondary N) is 1. The van der Waals surface area contributed by atoms with Crippen LogP contribution in [0.5, 0.6) is 0 Å². The molecule has 4 aromatic rings. The molecule has 3 aliphatic rings. The van der Waals surface area contributed by atoms with Gasteiger partial charge in [0.1, 0.15) is 5.82 Å². The number of aryl methyl sites for hydroxylation is 2. The van der Waals surface area contributed by atoms with Gasteiger partial charge in [-0.25, -0.2) is 20.3 Å². The van der Waals surface area contributed by atoms with E-state index in [9.17, 15) is 9.90 Å². The van der Waals surface area contributed by atoms with Gasteiger partial charge in [0.25, 0.3) is 12.0 Å². The Morgan fingerprint density at radius 2 is 1.60 bits per heavy atom. The van der Waals surface area contributed by atoms with Crippen LogP contribution in [-0.2, 0) is 33.6 Å². The summed E-state index contributed by atoms with van der Waals surface area (Å²) >= 11 is 0. The van der Waals surface area contributed by atoms with Gasteiger partial charge in [0.05, 0.1) is 24.6 Å². The highest BCUT2D eigenvalue weighted by Crippen LogP contribution is 2.33. The van der Waals surface area contributed by atoms with E-state index in [1.165, 1.54) is 0 Å². The van der Waals surface area contributed by atoms with Gasteiger partial charge in [0.15, 0.2) is 11.6 Å². The molecule has 10 heteroatoms. The fraction of sp³-hybridized carbons (Fsp3) is 0.378. The van der Waals surface area contributed by atoms with Gasteiger partial charge in [-0.15, -0.1) is 0 Å². The van der Waals surface area contributed by atoms with Crippen LogP contribution in [0.4, 0.5) is 5.69 Å². The number of rotatable bonds is 9. The Labute approximate surface area is 274 Å². The lowest BCUT2D eigenvalue weighted by Gasteiger charge is -2.38. The highest BCUT2D eigenvalue weighted by Gasteiger charge is 2.39. The van der Waals surface area contributed by atoms with Gasteiger partial charge in [-0.2, -0.15) is 0 Å². The summed E-state index contributed by atoms with van der Waals surface area (Å²) in [7, 11) is 0. The van der Waals surface area contributed by atoms with E-state index < -0.39 is 12.2 Å². The maximum absolute atomic E-state index is 14.3. The molecular formula is C37H41N5O5. The Hall–Kier alpha value is -4.35. The zero-order valence-electron chi connectivity index (χ0n) is 26.9. The number of hydroxylamine groups is 1. The lowest BCUT2D eigenvalue weighted by Crippen LogP contribution is -2.45. The van der Waals surface area contributed by atoms with Crippen LogP contribution in [0.2, 0.25) is 0 Å². The molecule has 47 heavy (non-hydrogen) atoms. The fourth-order valence-electron chi connectivity index (χ4n) is 6.82. The Bertz CT molecular complexity index is 1800. The van der Waals surface area contributed by atoms with Crippen LogP contribution in [0.15, 0.2) is 82.6 Å². The highest BCUT2D eigenvalue weighted by atomic mass is 16.7. The Morgan fingerprint density at radius 3 is 2.23 bits per heavy atom. The minimum atomic E-state index is -1.22. The molecule has 0 amide bonds. The van der Waals surface area contributed by atoms with Gasteiger partial charge in [0, 0.05) is 55.6 Å². The van der Waals surface area contributed by atoms with Gasteiger partial charge < -0.3 is 19.5 Å². The number of piperidine rings is 1. The molecule has 0 aliphatic carbocycles. The summed E-state index contributed by atoms with van der Waals surface area (Å²) in [5.74, 6) is 0.846. The second-order valence-corrected chi connectivity index (χ2v) is 12.3. The predicted octanol–water partition coefficient (Wildman–Crippen LogP) is 4.91. The smallest absolute Gasteiger partial charge is 0.280 e. The van der Waals surface area contributed by atoms with Crippen molar-refractivity contribution in [3.63, 3.8) is 0 Å². The quantitative estimate of drug-likeness (QED) is 0.267. The average Bonchev–Trinajstić information content (AvgIpc) is 3.76. The first kappa shape index (κ1) is 31.3. The topological polar surface area (TPSA) is 110 Å². The SMILES string of the molecule is CCCc1nc(CC)n(-c2ccc(N3CCC4(CC3)OCCO4)cc2)c(=O)c1Cc1ccc(-c2ccccc2C2=NC(O)ON2)cc1. The van der Waals surface area contributed by atoms with Crippen molar-refractivity contribution in [2.24, 2.45) is 4.99 Å². The third-order valence-corrected chi connectivity index (χ3v) is 9.28. The van der Waals surface area contributed by atoms with E-state index in [1.54, 1.807) is 4.57 Å². The minimum Gasteiger partial charge on any atom is -0.371 e. The second kappa shape index (κ2) is 13.4. The van der Waals surface area contributed by atoms with E-state index in [0.717, 1.165) is 89.5 Å². The van der Waals surface area contributed by atoms with Crippen LogP contribution in [0.25, 0.3) is 16.8 Å². The second-order valence-electron chi connectivity index (χ2n) is 12.3. The molecule has 1 atom stereocenters. The Kier molecular flexibility index (Phi) is 8.92. The minimum absolute atomic E-state index is 0.0122.